The summed E-state index contributed by atoms with van der Waals surface area (Å²) in [5.74, 6) is 1.36. The normalized spacial score (nSPS) is 20.6. The molecule has 6 heteroatoms. The van der Waals surface area contributed by atoms with Gasteiger partial charge < -0.3 is 9.32 Å². The minimum Gasteiger partial charge on any atom is -0.451 e. The zero-order valence-electron chi connectivity index (χ0n) is 13.1. The van der Waals surface area contributed by atoms with Gasteiger partial charge >= 0.3 is 0 Å². The van der Waals surface area contributed by atoms with Crippen molar-refractivity contribution in [2.75, 3.05) is 6.54 Å². The second-order valence-electron chi connectivity index (χ2n) is 7.06. The largest absolute Gasteiger partial charge is 0.451 e. The third-order valence-corrected chi connectivity index (χ3v) is 5.18. The van der Waals surface area contributed by atoms with Crippen LogP contribution in [0.25, 0.3) is 11.4 Å². The number of rotatable bonds is 4. The van der Waals surface area contributed by atoms with E-state index in [-0.39, 0.29) is 5.92 Å². The molecular formula is C17H20N4O2. The van der Waals surface area contributed by atoms with Crippen LogP contribution in [-0.4, -0.2) is 32.1 Å². The summed E-state index contributed by atoms with van der Waals surface area (Å²) in [6.07, 6.45) is 8.70. The highest BCUT2D eigenvalue weighted by Crippen LogP contribution is 2.36. The first-order chi connectivity index (χ1) is 11.3. The summed E-state index contributed by atoms with van der Waals surface area (Å²) in [4.78, 5) is 18.7. The van der Waals surface area contributed by atoms with Crippen LogP contribution in [0.4, 0.5) is 0 Å². The molecule has 0 N–H and O–H groups in total. The summed E-state index contributed by atoms with van der Waals surface area (Å²) in [6.45, 7) is 2.48. The number of aromatic nitrogens is 3. The SMILES string of the molecule is O=C(C1CC1)N1CCc2c(c(-c3cocn3)nn2CC2CC2)C1. The Hall–Kier alpha value is -2.11. The van der Waals surface area contributed by atoms with Gasteiger partial charge in [-0.3, -0.25) is 9.48 Å². The molecule has 0 radical (unpaired) electrons. The Morgan fingerprint density at radius 3 is 2.87 bits per heavy atom. The number of amides is 1. The maximum Gasteiger partial charge on any atom is 0.225 e. The topological polar surface area (TPSA) is 64.2 Å². The summed E-state index contributed by atoms with van der Waals surface area (Å²) in [6, 6.07) is 0. The Bertz CT molecular complexity index is 741. The molecular weight excluding hydrogens is 292 g/mol. The number of hydrogen-bond donors (Lipinski definition) is 0. The molecule has 5 rings (SSSR count). The quantitative estimate of drug-likeness (QED) is 0.868. The fourth-order valence-electron chi connectivity index (χ4n) is 3.50. The highest BCUT2D eigenvalue weighted by molar-refractivity contribution is 5.81. The highest BCUT2D eigenvalue weighted by Gasteiger charge is 2.37. The van der Waals surface area contributed by atoms with Gasteiger partial charge in [0.2, 0.25) is 5.91 Å². The predicted molar refractivity (Wildman–Crippen MR) is 82.3 cm³/mol. The summed E-state index contributed by atoms with van der Waals surface area (Å²) in [5.41, 5.74) is 4.12. The molecule has 3 heterocycles. The van der Waals surface area contributed by atoms with E-state index in [2.05, 4.69) is 9.67 Å². The van der Waals surface area contributed by atoms with Gasteiger partial charge in [0.25, 0.3) is 0 Å². The van der Waals surface area contributed by atoms with Crippen LogP contribution < -0.4 is 0 Å². The summed E-state index contributed by atoms with van der Waals surface area (Å²) in [7, 11) is 0. The average Bonchev–Trinajstić information content (AvgIpc) is 3.48. The van der Waals surface area contributed by atoms with E-state index in [0.29, 0.717) is 12.5 Å². The molecule has 2 aliphatic carbocycles. The molecule has 120 valence electrons. The van der Waals surface area contributed by atoms with Crippen LogP contribution in [0.5, 0.6) is 0 Å². The fraction of sp³-hybridized carbons (Fsp3) is 0.588. The van der Waals surface area contributed by atoms with Crippen LogP contribution in [0.1, 0.15) is 36.9 Å². The van der Waals surface area contributed by atoms with Gasteiger partial charge in [-0.15, -0.1) is 0 Å². The van der Waals surface area contributed by atoms with Gasteiger partial charge in [0.05, 0.1) is 0 Å². The molecule has 0 unspecified atom stereocenters. The molecule has 0 aromatic carbocycles. The van der Waals surface area contributed by atoms with Crippen LogP contribution in [0.15, 0.2) is 17.1 Å². The lowest BCUT2D eigenvalue weighted by Crippen LogP contribution is -2.37. The van der Waals surface area contributed by atoms with E-state index in [1.165, 1.54) is 30.5 Å². The van der Waals surface area contributed by atoms with E-state index < -0.39 is 0 Å². The fourth-order valence-corrected chi connectivity index (χ4v) is 3.50. The van der Waals surface area contributed by atoms with Crippen molar-refractivity contribution in [3.05, 3.63) is 23.9 Å². The minimum absolute atomic E-state index is 0.272. The molecule has 6 nitrogen and oxygen atoms in total. The zero-order chi connectivity index (χ0) is 15.4. The van der Waals surface area contributed by atoms with Crippen molar-refractivity contribution < 1.29 is 9.21 Å². The number of carbonyl (C=O) groups is 1. The monoisotopic (exact) mass is 312 g/mol. The maximum atomic E-state index is 12.4. The Balaban J connectivity index is 1.51. The molecule has 2 saturated carbocycles. The molecule has 2 fully saturated rings. The molecule has 0 atom stereocenters. The predicted octanol–water partition coefficient (Wildman–Crippen LogP) is 2.24. The van der Waals surface area contributed by atoms with Gasteiger partial charge in [0, 0.05) is 43.2 Å². The maximum absolute atomic E-state index is 12.4. The van der Waals surface area contributed by atoms with Gasteiger partial charge in [-0.2, -0.15) is 5.10 Å². The molecule has 3 aliphatic rings. The van der Waals surface area contributed by atoms with Gasteiger partial charge in [-0.05, 0) is 31.6 Å². The van der Waals surface area contributed by atoms with Gasteiger partial charge in [0.15, 0.2) is 6.39 Å². The first-order valence-electron chi connectivity index (χ1n) is 8.55. The van der Waals surface area contributed by atoms with Crippen LogP contribution in [-0.2, 0) is 24.3 Å². The van der Waals surface area contributed by atoms with Crippen molar-refractivity contribution in [2.45, 2.75) is 45.2 Å². The van der Waals surface area contributed by atoms with E-state index >= 15 is 0 Å². The number of nitrogens with zero attached hydrogens (tertiary/aromatic N) is 4. The van der Waals surface area contributed by atoms with Crippen molar-refractivity contribution in [1.29, 1.82) is 0 Å². The molecule has 0 bridgehead atoms. The van der Waals surface area contributed by atoms with Crippen molar-refractivity contribution >= 4 is 5.91 Å². The zero-order valence-corrected chi connectivity index (χ0v) is 13.1. The average molecular weight is 312 g/mol. The molecule has 0 spiro atoms. The molecule has 2 aromatic heterocycles. The van der Waals surface area contributed by atoms with Crippen LogP contribution in [0, 0.1) is 11.8 Å². The second-order valence-corrected chi connectivity index (χ2v) is 7.06. The molecule has 0 saturated heterocycles. The Morgan fingerprint density at radius 2 is 2.17 bits per heavy atom. The van der Waals surface area contributed by atoms with Crippen LogP contribution in [0.3, 0.4) is 0 Å². The van der Waals surface area contributed by atoms with Crippen LogP contribution >= 0.6 is 0 Å². The lowest BCUT2D eigenvalue weighted by atomic mass is 10.0. The summed E-state index contributed by atoms with van der Waals surface area (Å²) in [5, 5.41) is 4.82. The first-order valence-corrected chi connectivity index (χ1v) is 8.55. The standard InChI is InChI=1S/C17H20N4O2/c22-17(12-3-4-12)20-6-5-15-13(8-20)16(14-9-23-10-18-14)19-21(15)7-11-1-2-11/h9-12H,1-8H2. The molecule has 1 aliphatic heterocycles. The van der Waals surface area contributed by atoms with Gasteiger partial charge in [-0.25, -0.2) is 4.98 Å². The highest BCUT2D eigenvalue weighted by atomic mass is 16.3. The van der Waals surface area contributed by atoms with E-state index in [1.807, 2.05) is 4.90 Å². The number of oxazole rings is 1. The Kier molecular flexibility index (Phi) is 2.87. The van der Waals surface area contributed by atoms with E-state index in [9.17, 15) is 4.79 Å². The summed E-state index contributed by atoms with van der Waals surface area (Å²) >= 11 is 0. The Morgan fingerprint density at radius 1 is 1.30 bits per heavy atom. The lowest BCUT2D eigenvalue weighted by Gasteiger charge is -2.28. The smallest absolute Gasteiger partial charge is 0.225 e. The number of hydrogen-bond acceptors (Lipinski definition) is 4. The summed E-state index contributed by atoms with van der Waals surface area (Å²) < 4.78 is 7.31. The molecule has 23 heavy (non-hydrogen) atoms. The van der Waals surface area contributed by atoms with Crippen molar-refractivity contribution in [3.63, 3.8) is 0 Å². The number of carbonyl (C=O) groups excluding carboxylic acids is 1. The van der Waals surface area contributed by atoms with Gasteiger partial charge in [0.1, 0.15) is 17.7 Å². The minimum atomic E-state index is 0.272. The van der Waals surface area contributed by atoms with Crippen molar-refractivity contribution in [2.24, 2.45) is 11.8 Å². The third kappa shape index (κ3) is 2.36. The Labute approximate surface area is 134 Å². The van der Waals surface area contributed by atoms with E-state index in [1.54, 1.807) is 6.26 Å². The van der Waals surface area contributed by atoms with E-state index in [4.69, 9.17) is 9.52 Å². The van der Waals surface area contributed by atoms with Crippen molar-refractivity contribution in [3.8, 4) is 11.4 Å². The third-order valence-electron chi connectivity index (χ3n) is 5.18. The number of fused-ring (bicyclic) bond motifs is 1. The first kappa shape index (κ1) is 13.3. The lowest BCUT2D eigenvalue weighted by molar-refractivity contribution is -0.133. The van der Waals surface area contributed by atoms with Gasteiger partial charge in [-0.1, -0.05) is 0 Å². The van der Waals surface area contributed by atoms with Crippen LogP contribution in [0.2, 0.25) is 0 Å². The van der Waals surface area contributed by atoms with E-state index in [0.717, 1.165) is 49.7 Å². The molecule has 2 aromatic rings. The van der Waals surface area contributed by atoms with Crippen molar-refractivity contribution in [1.82, 2.24) is 19.7 Å². The molecule has 1 amide bonds. The second kappa shape index (κ2) is 4.94.